The summed E-state index contributed by atoms with van der Waals surface area (Å²) in [5.41, 5.74) is 0. The molecule has 1 N–H and O–H groups in total. The molecule has 2 saturated carbocycles. The molecule has 2 heteroatoms. The van der Waals surface area contributed by atoms with Crippen molar-refractivity contribution in [3.63, 3.8) is 0 Å². The van der Waals surface area contributed by atoms with Crippen LogP contribution in [0.25, 0.3) is 0 Å². The van der Waals surface area contributed by atoms with Crippen LogP contribution in [0, 0.1) is 5.92 Å². The predicted molar refractivity (Wildman–Crippen MR) is 78.9 cm³/mol. The summed E-state index contributed by atoms with van der Waals surface area (Å²) in [5, 5.41) is 3.81. The van der Waals surface area contributed by atoms with E-state index in [0.717, 1.165) is 24.0 Å². The largest absolute Gasteiger partial charge is 0.312 e. The monoisotopic (exact) mass is 252 g/mol. The molecule has 2 nitrogen and oxygen atoms in total. The average molecular weight is 252 g/mol. The molecule has 2 fully saturated rings. The van der Waals surface area contributed by atoms with Crippen LogP contribution in [0.1, 0.15) is 65.2 Å². The van der Waals surface area contributed by atoms with E-state index in [-0.39, 0.29) is 0 Å². The minimum Gasteiger partial charge on any atom is -0.312 e. The maximum absolute atomic E-state index is 3.81. The van der Waals surface area contributed by atoms with Crippen molar-refractivity contribution in [3.05, 3.63) is 0 Å². The summed E-state index contributed by atoms with van der Waals surface area (Å²) in [6.45, 7) is 5.80. The molecule has 3 atom stereocenters. The van der Waals surface area contributed by atoms with Gasteiger partial charge in [-0.3, -0.25) is 4.90 Å². The fourth-order valence-electron chi connectivity index (χ4n) is 3.67. The topological polar surface area (TPSA) is 15.3 Å². The third-order valence-electron chi connectivity index (χ3n) is 4.92. The second-order valence-corrected chi connectivity index (χ2v) is 6.49. The smallest absolute Gasteiger partial charge is 0.0251 e. The van der Waals surface area contributed by atoms with Crippen LogP contribution in [0.15, 0.2) is 0 Å². The molecule has 0 aromatic rings. The van der Waals surface area contributed by atoms with Crippen LogP contribution in [-0.2, 0) is 0 Å². The van der Waals surface area contributed by atoms with Crippen molar-refractivity contribution in [2.24, 2.45) is 5.92 Å². The maximum Gasteiger partial charge on any atom is 0.0251 e. The predicted octanol–water partition coefficient (Wildman–Crippen LogP) is 3.42. The Morgan fingerprint density at radius 1 is 1.06 bits per heavy atom. The zero-order chi connectivity index (χ0) is 13.0. The fraction of sp³-hybridized carbons (Fsp3) is 1.00. The fourth-order valence-corrected chi connectivity index (χ4v) is 3.67. The summed E-state index contributed by atoms with van der Waals surface area (Å²) in [4.78, 5) is 2.70. The number of nitrogens with zero attached hydrogens (tertiary/aromatic N) is 1. The van der Waals surface area contributed by atoms with E-state index in [1.165, 1.54) is 57.9 Å². The van der Waals surface area contributed by atoms with Gasteiger partial charge in [0.15, 0.2) is 0 Å². The van der Waals surface area contributed by atoms with E-state index in [1.807, 2.05) is 0 Å². The highest BCUT2D eigenvalue weighted by atomic mass is 15.2. The van der Waals surface area contributed by atoms with Crippen molar-refractivity contribution in [1.29, 1.82) is 0 Å². The van der Waals surface area contributed by atoms with Crippen LogP contribution in [-0.4, -0.2) is 36.6 Å². The summed E-state index contributed by atoms with van der Waals surface area (Å²) >= 11 is 0. The molecule has 106 valence electrons. The van der Waals surface area contributed by atoms with Gasteiger partial charge >= 0.3 is 0 Å². The van der Waals surface area contributed by atoms with E-state index in [4.69, 9.17) is 0 Å². The van der Waals surface area contributed by atoms with Gasteiger partial charge in [0.1, 0.15) is 0 Å². The van der Waals surface area contributed by atoms with Gasteiger partial charge < -0.3 is 5.32 Å². The molecular formula is C16H32N2. The average Bonchev–Trinajstić information content (AvgIpc) is 3.21. The quantitative estimate of drug-likeness (QED) is 0.747. The number of hydrogen-bond acceptors (Lipinski definition) is 2. The second-order valence-electron chi connectivity index (χ2n) is 6.49. The first kappa shape index (κ1) is 14.3. The van der Waals surface area contributed by atoms with Crippen molar-refractivity contribution in [2.75, 3.05) is 13.6 Å². The van der Waals surface area contributed by atoms with Crippen molar-refractivity contribution < 1.29 is 0 Å². The minimum atomic E-state index is 0.753. The third-order valence-corrected chi connectivity index (χ3v) is 4.92. The normalized spacial score (nSPS) is 33.0. The second kappa shape index (κ2) is 6.91. The van der Waals surface area contributed by atoms with Gasteiger partial charge in [-0.05, 0) is 58.0 Å². The molecule has 2 aliphatic rings. The summed E-state index contributed by atoms with van der Waals surface area (Å²) in [6.07, 6.45) is 11.2. The number of rotatable bonds is 7. The molecular weight excluding hydrogens is 220 g/mol. The van der Waals surface area contributed by atoms with Crippen molar-refractivity contribution in [3.8, 4) is 0 Å². The summed E-state index contributed by atoms with van der Waals surface area (Å²) in [5.74, 6) is 0.987. The molecule has 0 spiro atoms. The van der Waals surface area contributed by atoms with Gasteiger partial charge in [0.25, 0.3) is 0 Å². The van der Waals surface area contributed by atoms with Crippen LogP contribution in [0.3, 0.4) is 0 Å². The van der Waals surface area contributed by atoms with Crippen LogP contribution < -0.4 is 5.32 Å². The number of hydrogen-bond donors (Lipinski definition) is 1. The lowest BCUT2D eigenvalue weighted by atomic mass is 9.79. The molecule has 0 heterocycles. The van der Waals surface area contributed by atoms with Gasteiger partial charge in [-0.2, -0.15) is 0 Å². The Hall–Kier alpha value is -0.0800. The zero-order valence-electron chi connectivity index (χ0n) is 12.6. The first-order chi connectivity index (χ1) is 8.76. The van der Waals surface area contributed by atoms with Crippen LogP contribution in [0.5, 0.6) is 0 Å². The zero-order valence-corrected chi connectivity index (χ0v) is 12.6. The van der Waals surface area contributed by atoms with Crippen LogP contribution in [0.2, 0.25) is 0 Å². The molecule has 3 unspecified atom stereocenters. The Labute approximate surface area is 114 Å². The van der Waals surface area contributed by atoms with Gasteiger partial charge in [0, 0.05) is 18.1 Å². The van der Waals surface area contributed by atoms with Gasteiger partial charge in [-0.25, -0.2) is 0 Å². The molecule has 0 aromatic carbocycles. The first-order valence-corrected chi connectivity index (χ1v) is 8.21. The van der Waals surface area contributed by atoms with Crippen molar-refractivity contribution in [1.82, 2.24) is 10.2 Å². The highest BCUT2D eigenvalue weighted by Crippen LogP contribution is 2.35. The Balaban J connectivity index is 1.91. The lowest BCUT2D eigenvalue weighted by Gasteiger charge is -2.42. The minimum absolute atomic E-state index is 0.753. The Morgan fingerprint density at radius 3 is 2.44 bits per heavy atom. The van der Waals surface area contributed by atoms with Gasteiger partial charge in [0.05, 0.1) is 0 Å². The summed E-state index contributed by atoms with van der Waals surface area (Å²) in [7, 11) is 2.37. The summed E-state index contributed by atoms with van der Waals surface area (Å²) in [6, 6.07) is 2.46. The van der Waals surface area contributed by atoms with E-state index in [2.05, 4.69) is 31.1 Å². The summed E-state index contributed by atoms with van der Waals surface area (Å²) < 4.78 is 0. The molecule has 18 heavy (non-hydrogen) atoms. The molecule has 2 aliphatic carbocycles. The first-order valence-electron chi connectivity index (χ1n) is 8.21. The van der Waals surface area contributed by atoms with E-state index in [1.54, 1.807) is 0 Å². The molecule has 0 amide bonds. The number of nitrogens with one attached hydrogen (secondary N) is 1. The molecule has 0 saturated heterocycles. The molecule has 0 bridgehead atoms. The van der Waals surface area contributed by atoms with E-state index in [0.29, 0.717) is 0 Å². The van der Waals surface area contributed by atoms with Gasteiger partial charge in [-0.1, -0.05) is 26.7 Å². The molecule has 2 rings (SSSR count). The lowest BCUT2D eigenvalue weighted by Crippen LogP contribution is -2.52. The molecule has 0 radical (unpaired) electrons. The van der Waals surface area contributed by atoms with Crippen LogP contribution in [0.4, 0.5) is 0 Å². The molecule has 0 aromatic heterocycles. The van der Waals surface area contributed by atoms with Crippen molar-refractivity contribution >= 4 is 0 Å². The Morgan fingerprint density at radius 2 is 1.83 bits per heavy atom. The van der Waals surface area contributed by atoms with Crippen molar-refractivity contribution in [2.45, 2.75) is 83.3 Å². The molecule has 0 aliphatic heterocycles. The van der Waals surface area contributed by atoms with E-state index in [9.17, 15) is 0 Å². The third kappa shape index (κ3) is 3.71. The van der Waals surface area contributed by atoms with Gasteiger partial charge in [-0.15, -0.1) is 0 Å². The number of likely N-dealkylation sites (N-methyl/N-ethyl adjacent to an activating group) is 1. The van der Waals surface area contributed by atoms with E-state index >= 15 is 0 Å². The Bertz CT molecular complexity index is 237. The highest BCUT2D eigenvalue weighted by molar-refractivity contribution is 4.95. The van der Waals surface area contributed by atoms with E-state index < -0.39 is 0 Å². The maximum atomic E-state index is 3.81. The van der Waals surface area contributed by atoms with Gasteiger partial charge in [0.2, 0.25) is 0 Å². The standard InChI is InChI=1S/C16H32N2/c1-4-6-13-7-10-15(17-11-5-2)16(12-13)18(3)14-8-9-14/h13-17H,4-12H2,1-3H3. The SMILES string of the molecule is CCCNC1CCC(CCC)CC1N(C)C1CC1. The highest BCUT2D eigenvalue weighted by Gasteiger charge is 2.38. The van der Waals surface area contributed by atoms with Crippen LogP contribution >= 0.6 is 0 Å². The lowest BCUT2D eigenvalue weighted by molar-refractivity contribution is 0.110. The Kier molecular flexibility index (Phi) is 5.50.